The number of carbonyl (C=O) groups excluding carboxylic acids is 3. The second-order valence-electron chi connectivity index (χ2n) is 8.28. The second-order valence-corrected chi connectivity index (χ2v) is 8.28. The topological polar surface area (TPSA) is 70.9 Å². The number of benzene rings is 1. The Morgan fingerprint density at radius 1 is 1.33 bits per heavy atom. The number of rotatable bonds is 2. The van der Waals surface area contributed by atoms with Crippen molar-refractivity contribution in [3.8, 4) is 0 Å². The van der Waals surface area contributed by atoms with E-state index >= 15 is 0 Å². The van der Waals surface area contributed by atoms with Crippen molar-refractivity contribution in [3.63, 3.8) is 0 Å². The molecule has 142 valence electrons. The van der Waals surface area contributed by atoms with Gasteiger partial charge < -0.3 is 10.2 Å². The highest BCUT2D eigenvalue weighted by atomic mass is 19.1. The summed E-state index contributed by atoms with van der Waals surface area (Å²) in [6, 6.07) is 3.98. The third-order valence-electron chi connectivity index (χ3n) is 7.24. The SMILES string of the molecule is CC[C@@H](C)N1C(=O)[C@H]2[C@@H](C1=O)[C@]1(C(=O)Nc3ccc(F)cc31)[NH+]1CCC[C@@H]21. The molecule has 1 unspecified atom stereocenters. The predicted molar refractivity (Wildman–Crippen MR) is 94.1 cm³/mol. The summed E-state index contributed by atoms with van der Waals surface area (Å²) >= 11 is 0. The van der Waals surface area contributed by atoms with Crippen molar-refractivity contribution in [2.75, 3.05) is 11.9 Å². The van der Waals surface area contributed by atoms with Gasteiger partial charge in [-0.3, -0.25) is 19.3 Å². The lowest BCUT2D eigenvalue weighted by molar-refractivity contribution is -0.948. The Bertz CT molecular complexity index is 887. The molecule has 3 saturated heterocycles. The molecule has 0 aromatic heterocycles. The van der Waals surface area contributed by atoms with Gasteiger partial charge in [0.15, 0.2) is 0 Å². The molecule has 6 atom stereocenters. The van der Waals surface area contributed by atoms with Crippen LogP contribution in [0.1, 0.15) is 38.7 Å². The molecule has 1 spiro atoms. The molecule has 0 radical (unpaired) electrons. The van der Waals surface area contributed by atoms with Crippen molar-refractivity contribution in [3.05, 3.63) is 29.6 Å². The smallest absolute Gasteiger partial charge is 0.291 e. The van der Waals surface area contributed by atoms with Crippen LogP contribution >= 0.6 is 0 Å². The number of quaternary nitrogens is 1. The summed E-state index contributed by atoms with van der Waals surface area (Å²) in [7, 11) is 0. The molecule has 0 saturated carbocycles. The van der Waals surface area contributed by atoms with Gasteiger partial charge in [0, 0.05) is 24.4 Å². The zero-order chi connectivity index (χ0) is 19.1. The lowest BCUT2D eigenvalue weighted by atomic mass is 9.75. The Kier molecular flexibility index (Phi) is 3.36. The van der Waals surface area contributed by atoms with Crippen LogP contribution in [0.25, 0.3) is 0 Å². The Balaban J connectivity index is 1.74. The van der Waals surface area contributed by atoms with E-state index in [1.54, 1.807) is 6.07 Å². The number of fused-ring (bicyclic) bond motifs is 7. The Labute approximate surface area is 156 Å². The fourth-order valence-corrected chi connectivity index (χ4v) is 6.07. The van der Waals surface area contributed by atoms with Gasteiger partial charge in [-0.2, -0.15) is 0 Å². The molecule has 3 amide bonds. The maximum atomic E-state index is 14.1. The molecular formula is C20H23FN3O3+. The van der Waals surface area contributed by atoms with Crippen molar-refractivity contribution in [2.24, 2.45) is 11.8 Å². The first-order chi connectivity index (χ1) is 12.9. The van der Waals surface area contributed by atoms with Crippen LogP contribution in [-0.2, 0) is 19.9 Å². The number of nitrogens with one attached hydrogen (secondary N) is 2. The third kappa shape index (κ3) is 1.81. The van der Waals surface area contributed by atoms with Gasteiger partial charge in [-0.05, 0) is 31.5 Å². The van der Waals surface area contributed by atoms with Crippen LogP contribution < -0.4 is 10.2 Å². The van der Waals surface area contributed by atoms with E-state index in [0.29, 0.717) is 24.2 Å². The van der Waals surface area contributed by atoms with E-state index in [9.17, 15) is 18.8 Å². The third-order valence-corrected chi connectivity index (χ3v) is 7.24. The van der Waals surface area contributed by atoms with Gasteiger partial charge in [-0.1, -0.05) is 6.92 Å². The molecule has 3 fully saturated rings. The van der Waals surface area contributed by atoms with E-state index in [4.69, 9.17) is 0 Å². The quantitative estimate of drug-likeness (QED) is 0.740. The van der Waals surface area contributed by atoms with E-state index < -0.39 is 23.2 Å². The molecule has 4 aliphatic rings. The molecule has 4 aliphatic heterocycles. The number of likely N-dealkylation sites (tertiary alicyclic amines) is 1. The van der Waals surface area contributed by atoms with Gasteiger partial charge in [0.25, 0.3) is 5.91 Å². The zero-order valence-electron chi connectivity index (χ0n) is 15.4. The van der Waals surface area contributed by atoms with Crippen molar-refractivity contribution in [1.29, 1.82) is 0 Å². The normalized spacial score (nSPS) is 37.6. The van der Waals surface area contributed by atoms with Crippen LogP contribution in [-0.4, -0.2) is 41.2 Å². The number of anilines is 1. The van der Waals surface area contributed by atoms with Crippen molar-refractivity contribution in [1.82, 2.24) is 4.90 Å². The van der Waals surface area contributed by atoms with Gasteiger partial charge in [-0.15, -0.1) is 0 Å². The minimum absolute atomic E-state index is 0.0690. The second kappa shape index (κ2) is 5.38. The maximum Gasteiger partial charge on any atom is 0.291 e. The largest absolute Gasteiger partial charge is 0.320 e. The van der Waals surface area contributed by atoms with Crippen molar-refractivity contribution >= 4 is 23.4 Å². The minimum Gasteiger partial charge on any atom is -0.320 e. The minimum atomic E-state index is -1.20. The fourth-order valence-electron chi connectivity index (χ4n) is 6.07. The van der Waals surface area contributed by atoms with Gasteiger partial charge in [0.1, 0.15) is 23.7 Å². The summed E-state index contributed by atoms with van der Waals surface area (Å²) in [6.07, 6.45) is 2.37. The number of nitrogens with zero attached hydrogens (tertiary/aromatic N) is 1. The molecule has 7 heteroatoms. The summed E-state index contributed by atoms with van der Waals surface area (Å²) in [4.78, 5) is 42.3. The van der Waals surface area contributed by atoms with Crippen LogP contribution in [0.3, 0.4) is 0 Å². The summed E-state index contributed by atoms with van der Waals surface area (Å²) in [5, 5.41) is 2.87. The van der Waals surface area contributed by atoms with E-state index in [-0.39, 0.29) is 29.8 Å². The lowest BCUT2D eigenvalue weighted by Crippen LogP contribution is -3.19. The van der Waals surface area contributed by atoms with Gasteiger partial charge in [0.05, 0.1) is 12.2 Å². The molecule has 27 heavy (non-hydrogen) atoms. The Hall–Kier alpha value is -2.28. The monoisotopic (exact) mass is 372 g/mol. The number of amides is 3. The predicted octanol–water partition coefficient (Wildman–Crippen LogP) is 0.434. The molecule has 1 aromatic rings. The molecule has 0 bridgehead atoms. The van der Waals surface area contributed by atoms with Crippen LogP contribution in [0.2, 0.25) is 0 Å². The average molecular weight is 372 g/mol. The number of carbonyl (C=O) groups is 3. The highest BCUT2D eigenvalue weighted by molar-refractivity contribution is 6.14. The molecular weight excluding hydrogens is 349 g/mol. The summed E-state index contributed by atoms with van der Waals surface area (Å²) in [5.74, 6) is -2.37. The van der Waals surface area contributed by atoms with Gasteiger partial charge in [-0.25, -0.2) is 4.39 Å². The van der Waals surface area contributed by atoms with Gasteiger partial charge in [0.2, 0.25) is 17.4 Å². The summed E-state index contributed by atoms with van der Waals surface area (Å²) in [6.45, 7) is 4.52. The van der Waals surface area contributed by atoms with Crippen LogP contribution in [0.5, 0.6) is 0 Å². The van der Waals surface area contributed by atoms with Gasteiger partial charge >= 0.3 is 0 Å². The summed E-state index contributed by atoms with van der Waals surface area (Å²) < 4.78 is 14.1. The van der Waals surface area contributed by atoms with Crippen LogP contribution in [0, 0.1) is 17.7 Å². The maximum absolute atomic E-state index is 14.1. The molecule has 5 rings (SSSR count). The number of hydrogen-bond acceptors (Lipinski definition) is 3. The first-order valence-corrected chi connectivity index (χ1v) is 9.77. The van der Waals surface area contributed by atoms with E-state index in [0.717, 1.165) is 17.7 Å². The zero-order valence-corrected chi connectivity index (χ0v) is 15.4. The highest BCUT2D eigenvalue weighted by Gasteiger charge is 2.78. The number of imide groups is 1. The molecule has 4 heterocycles. The van der Waals surface area contributed by atoms with Crippen LogP contribution in [0.15, 0.2) is 18.2 Å². The standard InChI is InChI=1S/C20H22FN3O3/c1-3-10(2)24-17(25)15-14-5-4-8-23(14)20(16(15)18(24)26)12-9-11(21)6-7-13(12)22-19(20)27/h6-7,9-10,14-16H,3-5,8H2,1-2H3,(H,22,27)/p+1/t10-,14+,15-,16+,20-/m1/s1. The van der Waals surface area contributed by atoms with E-state index in [1.165, 1.54) is 17.0 Å². The fraction of sp³-hybridized carbons (Fsp3) is 0.550. The van der Waals surface area contributed by atoms with Crippen molar-refractivity contribution < 1.29 is 23.7 Å². The molecule has 6 nitrogen and oxygen atoms in total. The first kappa shape index (κ1) is 16.9. The van der Waals surface area contributed by atoms with E-state index in [2.05, 4.69) is 5.32 Å². The van der Waals surface area contributed by atoms with Crippen LogP contribution in [0.4, 0.5) is 10.1 Å². The highest BCUT2D eigenvalue weighted by Crippen LogP contribution is 2.52. The number of hydrogen-bond donors (Lipinski definition) is 2. The Morgan fingerprint density at radius 2 is 2.11 bits per heavy atom. The average Bonchev–Trinajstić information content (AvgIpc) is 3.33. The number of halogens is 1. The first-order valence-electron chi connectivity index (χ1n) is 9.77. The van der Waals surface area contributed by atoms with Crippen molar-refractivity contribution in [2.45, 2.75) is 50.7 Å². The molecule has 1 aromatic carbocycles. The molecule has 0 aliphatic carbocycles. The lowest BCUT2D eigenvalue weighted by Gasteiger charge is -2.34. The summed E-state index contributed by atoms with van der Waals surface area (Å²) in [5.41, 5.74) is -0.102. The van der Waals surface area contributed by atoms with E-state index in [1.807, 2.05) is 13.8 Å². The Morgan fingerprint density at radius 3 is 2.85 bits per heavy atom. The molecule has 2 N–H and O–H groups in total.